The van der Waals surface area contributed by atoms with Crippen molar-refractivity contribution < 1.29 is 4.74 Å². The SMILES string of the molecule is C=C(C)C1CCC2(CCOC2)N1. The van der Waals surface area contributed by atoms with E-state index >= 15 is 0 Å². The van der Waals surface area contributed by atoms with Gasteiger partial charge in [0.1, 0.15) is 0 Å². The summed E-state index contributed by atoms with van der Waals surface area (Å²) in [5.74, 6) is 0. The summed E-state index contributed by atoms with van der Waals surface area (Å²) < 4.78 is 5.42. The summed E-state index contributed by atoms with van der Waals surface area (Å²) in [5, 5.41) is 3.64. The normalized spacial score (nSPS) is 40.9. The van der Waals surface area contributed by atoms with Crippen molar-refractivity contribution in [2.24, 2.45) is 0 Å². The quantitative estimate of drug-likeness (QED) is 0.597. The molecule has 2 unspecified atom stereocenters. The van der Waals surface area contributed by atoms with Gasteiger partial charge in [0.05, 0.1) is 6.61 Å². The van der Waals surface area contributed by atoms with E-state index in [1.54, 1.807) is 0 Å². The number of rotatable bonds is 1. The summed E-state index contributed by atoms with van der Waals surface area (Å²) in [6.45, 7) is 7.92. The van der Waals surface area contributed by atoms with Gasteiger partial charge in [-0.3, -0.25) is 0 Å². The Bertz CT molecular complexity index is 194. The lowest BCUT2D eigenvalue weighted by Crippen LogP contribution is -2.43. The molecule has 68 valence electrons. The molecular weight excluding hydrogens is 150 g/mol. The van der Waals surface area contributed by atoms with Crippen molar-refractivity contribution >= 4 is 0 Å². The highest BCUT2D eigenvalue weighted by Crippen LogP contribution is 2.32. The van der Waals surface area contributed by atoms with Crippen LogP contribution >= 0.6 is 0 Å². The Labute approximate surface area is 74.0 Å². The van der Waals surface area contributed by atoms with Crippen molar-refractivity contribution in [3.8, 4) is 0 Å². The summed E-state index contributed by atoms with van der Waals surface area (Å²) in [6.07, 6.45) is 3.67. The van der Waals surface area contributed by atoms with Crippen LogP contribution in [0.1, 0.15) is 26.2 Å². The van der Waals surface area contributed by atoms with Gasteiger partial charge in [-0.15, -0.1) is 0 Å². The van der Waals surface area contributed by atoms with Crippen LogP contribution in [-0.4, -0.2) is 24.8 Å². The maximum atomic E-state index is 5.42. The Balaban J connectivity index is 2.01. The highest BCUT2D eigenvalue weighted by molar-refractivity contribution is 5.11. The predicted octanol–water partition coefficient (Wildman–Crippen LogP) is 1.47. The Morgan fingerprint density at radius 3 is 2.92 bits per heavy atom. The van der Waals surface area contributed by atoms with Crippen LogP contribution in [0.2, 0.25) is 0 Å². The summed E-state index contributed by atoms with van der Waals surface area (Å²) in [4.78, 5) is 0. The van der Waals surface area contributed by atoms with Crippen LogP contribution in [0.25, 0.3) is 0 Å². The van der Waals surface area contributed by atoms with Crippen LogP contribution in [0, 0.1) is 0 Å². The van der Waals surface area contributed by atoms with E-state index in [1.165, 1.54) is 24.8 Å². The average molecular weight is 167 g/mol. The molecular formula is C10H17NO. The molecule has 0 aliphatic carbocycles. The number of hydrogen-bond acceptors (Lipinski definition) is 2. The van der Waals surface area contributed by atoms with Gasteiger partial charge in [0.25, 0.3) is 0 Å². The van der Waals surface area contributed by atoms with Gasteiger partial charge in [0.15, 0.2) is 0 Å². The van der Waals surface area contributed by atoms with Crippen LogP contribution in [0.3, 0.4) is 0 Å². The van der Waals surface area contributed by atoms with Gasteiger partial charge < -0.3 is 10.1 Å². The lowest BCUT2D eigenvalue weighted by atomic mass is 9.97. The fourth-order valence-corrected chi connectivity index (χ4v) is 2.22. The Morgan fingerprint density at radius 2 is 2.42 bits per heavy atom. The molecule has 0 aromatic heterocycles. The van der Waals surface area contributed by atoms with Gasteiger partial charge in [-0.2, -0.15) is 0 Å². The molecule has 2 nitrogen and oxygen atoms in total. The summed E-state index contributed by atoms with van der Waals surface area (Å²) in [5.41, 5.74) is 1.57. The number of hydrogen-bond donors (Lipinski definition) is 1. The van der Waals surface area contributed by atoms with Crippen LogP contribution < -0.4 is 5.32 Å². The molecule has 0 aromatic rings. The summed E-state index contributed by atoms with van der Waals surface area (Å²) in [7, 11) is 0. The molecule has 0 radical (unpaired) electrons. The third-order valence-electron chi connectivity index (χ3n) is 3.09. The zero-order chi connectivity index (χ0) is 8.60. The third-order valence-corrected chi connectivity index (χ3v) is 3.09. The van der Waals surface area contributed by atoms with E-state index in [2.05, 4.69) is 18.8 Å². The Kier molecular flexibility index (Phi) is 1.97. The number of ether oxygens (including phenoxy) is 1. The fourth-order valence-electron chi connectivity index (χ4n) is 2.22. The van der Waals surface area contributed by atoms with Crippen molar-refractivity contribution in [2.75, 3.05) is 13.2 Å². The van der Waals surface area contributed by atoms with Crippen LogP contribution in [0.15, 0.2) is 12.2 Å². The Morgan fingerprint density at radius 1 is 1.58 bits per heavy atom. The fraction of sp³-hybridized carbons (Fsp3) is 0.800. The van der Waals surface area contributed by atoms with Gasteiger partial charge in [-0.05, 0) is 26.2 Å². The van der Waals surface area contributed by atoms with Gasteiger partial charge in [0, 0.05) is 18.2 Å². The van der Waals surface area contributed by atoms with E-state index in [9.17, 15) is 0 Å². The van der Waals surface area contributed by atoms with Crippen molar-refractivity contribution in [1.29, 1.82) is 0 Å². The van der Waals surface area contributed by atoms with Gasteiger partial charge in [-0.25, -0.2) is 0 Å². The van der Waals surface area contributed by atoms with E-state index in [0.717, 1.165) is 13.2 Å². The summed E-state index contributed by atoms with van der Waals surface area (Å²) in [6, 6.07) is 0.534. The predicted molar refractivity (Wildman–Crippen MR) is 49.1 cm³/mol. The monoisotopic (exact) mass is 167 g/mol. The van der Waals surface area contributed by atoms with Crippen molar-refractivity contribution in [1.82, 2.24) is 5.32 Å². The largest absolute Gasteiger partial charge is 0.379 e. The van der Waals surface area contributed by atoms with E-state index in [0.29, 0.717) is 11.6 Å². The molecule has 2 atom stereocenters. The zero-order valence-electron chi connectivity index (χ0n) is 7.73. The van der Waals surface area contributed by atoms with Gasteiger partial charge in [0.2, 0.25) is 0 Å². The van der Waals surface area contributed by atoms with Gasteiger partial charge in [-0.1, -0.05) is 12.2 Å². The van der Waals surface area contributed by atoms with Crippen LogP contribution in [0.4, 0.5) is 0 Å². The molecule has 12 heavy (non-hydrogen) atoms. The molecule has 2 aliphatic heterocycles. The summed E-state index contributed by atoms with van der Waals surface area (Å²) >= 11 is 0. The maximum Gasteiger partial charge on any atom is 0.0649 e. The van der Waals surface area contributed by atoms with E-state index < -0.39 is 0 Å². The second-order valence-corrected chi connectivity index (χ2v) is 4.16. The molecule has 2 rings (SSSR count). The van der Waals surface area contributed by atoms with Crippen LogP contribution in [-0.2, 0) is 4.74 Å². The minimum Gasteiger partial charge on any atom is -0.379 e. The van der Waals surface area contributed by atoms with Crippen LogP contribution in [0.5, 0.6) is 0 Å². The lowest BCUT2D eigenvalue weighted by Gasteiger charge is -2.23. The minimum absolute atomic E-state index is 0.309. The van der Waals surface area contributed by atoms with Gasteiger partial charge >= 0.3 is 0 Å². The first-order valence-corrected chi connectivity index (χ1v) is 4.73. The Hall–Kier alpha value is -0.340. The zero-order valence-corrected chi connectivity index (χ0v) is 7.73. The lowest BCUT2D eigenvalue weighted by molar-refractivity contribution is 0.172. The molecule has 0 bridgehead atoms. The molecule has 0 saturated carbocycles. The maximum absolute atomic E-state index is 5.42. The molecule has 2 heteroatoms. The van der Waals surface area contributed by atoms with Crippen molar-refractivity contribution in [3.63, 3.8) is 0 Å². The molecule has 2 saturated heterocycles. The van der Waals surface area contributed by atoms with Crippen molar-refractivity contribution in [3.05, 3.63) is 12.2 Å². The second-order valence-electron chi connectivity index (χ2n) is 4.16. The standard InChI is InChI=1S/C10H17NO/c1-8(2)9-3-4-10(11-9)5-6-12-7-10/h9,11H,1,3-7H2,2H3. The van der Waals surface area contributed by atoms with E-state index in [4.69, 9.17) is 4.74 Å². The molecule has 0 amide bonds. The molecule has 1 N–H and O–H groups in total. The van der Waals surface area contributed by atoms with E-state index in [1.807, 2.05) is 0 Å². The highest BCUT2D eigenvalue weighted by atomic mass is 16.5. The van der Waals surface area contributed by atoms with E-state index in [-0.39, 0.29) is 0 Å². The molecule has 1 spiro atoms. The first-order chi connectivity index (χ1) is 5.72. The molecule has 2 aliphatic rings. The first kappa shape index (κ1) is 8.27. The first-order valence-electron chi connectivity index (χ1n) is 4.73. The van der Waals surface area contributed by atoms with Crippen molar-refractivity contribution in [2.45, 2.75) is 37.8 Å². The average Bonchev–Trinajstić information content (AvgIpc) is 2.62. The smallest absolute Gasteiger partial charge is 0.0649 e. The molecule has 2 fully saturated rings. The minimum atomic E-state index is 0.309. The molecule has 2 heterocycles. The highest BCUT2D eigenvalue weighted by Gasteiger charge is 2.41. The number of nitrogens with one attached hydrogen (secondary N) is 1. The second kappa shape index (κ2) is 2.86. The third kappa shape index (κ3) is 1.29. The topological polar surface area (TPSA) is 21.3 Å². The molecule has 0 aromatic carbocycles.